The molecule has 0 bridgehead atoms. The summed E-state index contributed by atoms with van der Waals surface area (Å²) >= 11 is 0. The number of hydrogen-bond acceptors (Lipinski definition) is 5. The molecule has 6 nitrogen and oxygen atoms in total. The zero-order valence-electron chi connectivity index (χ0n) is 42.8. The summed E-state index contributed by atoms with van der Waals surface area (Å²) in [6.45, 7) is 6.30. The first kappa shape index (κ1) is 62.5. The highest BCUT2D eigenvalue weighted by molar-refractivity contribution is 5.77. The number of allylic oxidation sites excluding steroid dienone is 17. The first-order valence-corrected chi connectivity index (χ1v) is 27.1. The highest BCUT2D eigenvalue weighted by Crippen LogP contribution is 2.16. The minimum absolute atomic E-state index is 0.0271. The summed E-state index contributed by atoms with van der Waals surface area (Å²) in [4.78, 5) is 26.1. The van der Waals surface area contributed by atoms with Crippen molar-refractivity contribution in [1.82, 2.24) is 5.32 Å². The molecule has 0 spiro atoms. The Morgan fingerprint density at radius 1 is 0.470 bits per heavy atom. The molecule has 3 unspecified atom stereocenters. The Hall–Kier alpha value is -3.48. The van der Waals surface area contributed by atoms with Gasteiger partial charge < -0.3 is 20.3 Å². The average Bonchev–Trinajstić information content (AvgIpc) is 3.31. The lowest BCUT2D eigenvalue weighted by atomic mass is 10.0. The van der Waals surface area contributed by atoms with Crippen LogP contribution in [0.2, 0.25) is 0 Å². The third kappa shape index (κ3) is 47.0. The second-order valence-corrected chi connectivity index (χ2v) is 17.9. The first-order chi connectivity index (χ1) is 32.5. The van der Waals surface area contributed by atoms with Crippen molar-refractivity contribution in [3.8, 4) is 0 Å². The van der Waals surface area contributed by atoms with E-state index in [0.29, 0.717) is 19.3 Å². The largest absolute Gasteiger partial charge is 0.461 e. The highest BCUT2D eigenvalue weighted by Gasteiger charge is 2.23. The summed E-state index contributed by atoms with van der Waals surface area (Å²) in [5, 5.41) is 23.8. The van der Waals surface area contributed by atoms with Gasteiger partial charge in [-0.2, -0.15) is 0 Å². The van der Waals surface area contributed by atoms with E-state index in [1.165, 1.54) is 96.3 Å². The summed E-state index contributed by atoms with van der Waals surface area (Å²) in [6, 6.07) is -0.750. The van der Waals surface area contributed by atoms with Gasteiger partial charge >= 0.3 is 5.97 Å². The van der Waals surface area contributed by atoms with Gasteiger partial charge in [0.2, 0.25) is 5.91 Å². The molecule has 0 aromatic rings. The Balaban J connectivity index is 4.79. The van der Waals surface area contributed by atoms with Crippen molar-refractivity contribution in [2.45, 2.75) is 251 Å². The number of aliphatic hydroxyl groups is 2. The third-order valence-corrected chi connectivity index (χ3v) is 11.6. The lowest BCUT2D eigenvalue weighted by Crippen LogP contribution is -2.46. The zero-order chi connectivity index (χ0) is 48.1. The van der Waals surface area contributed by atoms with Crippen LogP contribution in [-0.4, -0.2) is 46.9 Å². The number of carbonyl (C=O) groups is 2. The first-order valence-electron chi connectivity index (χ1n) is 27.1. The molecular weight excluding hydrogens is 815 g/mol. The molecule has 3 atom stereocenters. The van der Waals surface area contributed by atoms with Crippen LogP contribution in [0.1, 0.15) is 233 Å². The zero-order valence-corrected chi connectivity index (χ0v) is 42.8. The number of rotatable bonds is 47. The van der Waals surface area contributed by atoms with Gasteiger partial charge in [-0.1, -0.05) is 239 Å². The van der Waals surface area contributed by atoms with Gasteiger partial charge in [-0.05, 0) is 83.5 Å². The lowest BCUT2D eigenvalue weighted by Gasteiger charge is -2.24. The van der Waals surface area contributed by atoms with Crippen LogP contribution in [0, 0.1) is 0 Å². The average molecular weight is 916 g/mol. The molecule has 376 valence electrons. The molecule has 0 heterocycles. The van der Waals surface area contributed by atoms with E-state index in [0.717, 1.165) is 83.5 Å². The lowest BCUT2D eigenvalue weighted by molar-refractivity contribution is -0.150. The van der Waals surface area contributed by atoms with Crippen molar-refractivity contribution >= 4 is 11.9 Å². The van der Waals surface area contributed by atoms with Gasteiger partial charge in [0.15, 0.2) is 0 Å². The molecule has 0 aliphatic rings. The van der Waals surface area contributed by atoms with E-state index in [9.17, 15) is 19.8 Å². The van der Waals surface area contributed by atoms with Crippen LogP contribution >= 0.6 is 0 Å². The molecule has 0 aliphatic heterocycles. The number of amides is 1. The van der Waals surface area contributed by atoms with E-state index in [4.69, 9.17) is 4.74 Å². The topological polar surface area (TPSA) is 95.9 Å². The maximum atomic E-state index is 13.2. The highest BCUT2D eigenvalue weighted by atomic mass is 16.5. The molecule has 6 heteroatoms. The molecule has 0 radical (unpaired) electrons. The van der Waals surface area contributed by atoms with Crippen molar-refractivity contribution < 1.29 is 24.5 Å². The molecule has 1 amide bonds. The Kier molecular flexibility index (Phi) is 49.7. The molecule has 0 aromatic heterocycles. The number of hydrogen-bond donors (Lipinski definition) is 3. The molecule has 0 aromatic carbocycles. The minimum atomic E-state index is -0.827. The Bertz CT molecular complexity index is 1350. The Morgan fingerprint density at radius 3 is 1.29 bits per heavy atom. The fraction of sp³-hybridized carbons (Fsp3) is 0.667. The van der Waals surface area contributed by atoms with Crippen molar-refractivity contribution in [2.24, 2.45) is 0 Å². The number of esters is 1. The fourth-order valence-corrected chi connectivity index (χ4v) is 7.50. The smallest absolute Gasteiger partial charge is 0.306 e. The van der Waals surface area contributed by atoms with Crippen LogP contribution < -0.4 is 5.32 Å². The molecule has 0 rings (SSSR count). The van der Waals surface area contributed by atoms with Gasteiger partial charge in [0, 0.05) is 12.8 Å². The minimum Gasteiger partial charge on any atom is -0.461 e. The fourth-order valence-electron chi connectivity index (χ4n) is 7.50. The van der Waals surface area contributed by atoms with Gasteiger partial charge in [-0.25, -0.2) is 0 Å². The predicted molar refractivity (Wildman–Crippen MR) is 287 cm³/mol. The number of carbonyl (C=O) groups excluding carboxylic acids is 2. The number of unbranched alkanes of at least 4 members (excludes halogenated alkanes) is 18. The van der Waals surface area contributed by atoms with E-state index in [2.05, 4.69) is 123 Å². The molecule has 0 saturated carbocycles. The van der Waals surface area contributed by atoms with Crippen molar-refractivity contribution in [3.05, 3.63) is 109 Å². The maximum absolute atomic E-state index is 13.2. The van der Waals surface area contributed by atoms with Crippen LogP contribution in [0.5, 0.6) is 0 Å². The van der Waals surface area contributed by atoms with E-state index < -0.39 is 18.2 Å². The normalized spacial score (nSPS) is 14.1. The van der Waals surface area contributed by atoms with Crippen LogP contribution in [-0.2, 0) is 14.3 Å². The van der Waals surface area contributed by atoms with Crippen molar-refractivity contribution in [2.75, 3.05) is 6.61 Å². The third-order valence-electron chi connectivity index (χ3n) is 11.6. The Labute approximate surface area is 407 Å². The number of aliphatic hydroxyl groups excluding tert-OH is 2. The van der Waals surface area contributed by atoms with Crippen LogP contribution in [0.3, 0.4) is 0 Å². The van der Waals surface area contributed by atoms with E-state index in [-0.39, 0.29) is 31.3 Å². The van der Waals surface area contributed by atoms with Gasteiger partial charge in [0.1, 0.15) is 6.10 Å². The monoisotopic (exact) mass is 916 g/mol. The van der Waals surface area contributed by atoms with Gasteiger partial charge in [-0.15, -0.1) is 0 Å². The van der Waals surface area contributed by atoms with E-state index in [1.54, 1.807) is 0 Å². The SMILES string of the molecule is CC/C=C\C/C=C\C/C=C\C/C=C\C/C=C\CCCC(=O)OC(C/C=C\C/C=C\C/C=C\C/C=C\CCCCC)CC(=O)NC(CO)C(O)CCCCCCCCCCCCCCCCC. The molecular formula is C60H101NO5. The van der Waals surface area contributed by atoms with Gasteiger partial charge in [-0.3, -0.25) is 9.59 Å². The second-order valence-electron chi connectivity index (χ2n) is 17.9. The van der Waals surface area contributed by atoms with Crippen molar-refractivity contribution in [1.29, 1.82) is 0 Å². The van der Waals surface area contributed by atoms with Crippen molar-refractivity contribution in [3.63, 3.8) is 0 Å². The van der Waals surface area contributed by atoms with Gasteiger partial charge in [0.25, 0.3) is 0 Å². The summed E-state index contributed by atoms with van der Waals surface area (Å²) in [6.07, 6.45) is 71.7. The quantitative estimate of drug-likeness (QED) is 0.0321. The van der Waals surface area contributed by atoms with E-state index >= 15 is 0 Å². The standard InChI is InChI=1S/C60H101NO5/c1-4-7-10-13-16-19-22-25-28-29-32-35-38-41-44-47-50-53-60(65)66-56(51-48-45-42-39-36-33-30-26-23-20-17-14-11-8-5-2)54-59(64)61-57(55-62)58(63)52-49-46-43-40-37-34-31-27-24-21-18-15-12-9-6-3/h7,10,16-17,19-20,25-26,28,30,32,35-36,39,41,44-45,48,56-58,62-63H,4-6,8-9,11-15,18,21-24,27,29,31,33-34,37-38,40,42-43,46-47,49-55H2,1-3H3,(H,61,64)/b10-7-,19-16-,20-17-,28-25-,30-26-,35-32-,39-36-,44-41-,48-45-. The maximum Gasteiger partial charge on any atom is 0.306 e. The molecule has 0 aliphatic carbocycles. The number of nitrogens with one attached hydrogen (secondary N) is 1. The van der Waals surface area contributed by atoms with Crippen LogP contribution in [0.25, 0.3) is 0 Å². The van der Waals surface area contributed by atoms with E-state index in [1.807, 2.05) is 12.2 Å². The summed E-state index contributed by atoms with van der Waals surface area (Å²) in [5.74, 6) is -0.653. The summed E-state index contributed by atoms with van der Waals surface area (Å²) in [7, 11) is 0. The molecule has 3 N–H and O–H groups in total. The number of ether oxygens (including phenoxy) is 1. The summed E-state index contributed by atoms with van der Waals surface area (Å²) in [5.41, 5.74) is 0. The molecule has 0 fully saturated rings. The van der Waals surface area contributed by atoms with Gasteiger partial charge in [0.05, 0.1) is 25.2 Å². The Morgan fingerprint density at radius 2 is 0.848 bits per heavy atom. The molecule has 0 saturated heterocycles. The van der Waals surface area contributed by atoms with Crippen LogP contribution in [0.4, 0.5) is 0 Å². The molecule has 66 heavy (non-hydrogen) atoms. The summed E-state index contributed by atoms with van der Waals surface area (Å²) < 4.78 is 5.85. The van der Waals surface area contributed by atoms with Crippen LogP contribution in [0.15, 0.2) is 109 Å². The predicted octanol–water partition coefficient (Wildman–Crippen LogP) is 16.7. The second kappa shape index (κ2) is 52.5.